The number of nitrogens with zero attached hydrogens (tertiary/aromatic N) is 1. The normalized spacial score (nSPS) is 10.7. The lowest BCUT2D eigenvalue weighted by molar-refractivity contribution is 0.112. The molecule has 1 aromatic rings. The molecule has 0 fully saturated rings. The number of hydrogen-bond donors (Lipinski definition) is 0. The van der Waals surface area contributed by atoms with Crippen LogP contribution in [0.15, 0.2) is 17.3 Å². The quantitative estimate of drug-likeness (QED) is 0.566. The van der Waals surface area contributed by atoms with Crippen LogP contribution >= 0.6 is 11.8 Å². The van der Waals surface area contributed by atoms with Crippen molar-refractivity contribution in [3.05, 3.63) is 23.4 Å². The van der Waals surface area contributed by atoms with Crippen molar-refractivity contribution in [2.45, 2.75) is 32.2 Å². The third-order valence-corrected chi connectivity index (χ3v) is 3.26. The molecule has 15 heavy (non-hydrogen) atoms. The Balaban J connectivity index is 2.58. The average molecular weight is 223 g/mol. The molecule has 1 heterocycles. The Morgan fingerprint density at radius 1 is 1.53 bits per heavy atom. The molecule has 0 N–H and O–H groups in total. The number of aromatic nitrogens is 1. The molecule has 82 valence electrons. The van der Waals surface area contributed by atoms with Gasteiger partial charge in [-0.05, 0) is 36.6 Å². The summed E-state index contributed by atoms with van der Waals surface area (Å²) in [6.07, 6.45) is 3.67. The van der Waals surface area contributed by atoms with Crippen molar-refractivity contribution in [3.8, 4) is 0 Å². The highest BCUT2D eigenvalue weighted by Crippen LogP contribution is 2.22. The van der Waals surface area contributed by atoms with Crippen LogP contribution in [0.25, 0.3) is 0 Å². The van der Waals surface area contributed by atoms with Crippen molar-refractivity contribution in [3.63, 3.8) is 0 Å². The maximum atomic E-state index is 10.5. The number of rotatable bonds is 5. The van der Waals surface area contributed by atoms with Crippen LogP contribution in [-0.2, 0) is 0 Å². The molecule has 1 rings (SSSR count). The lowest BCUT2D eigenvalue weighted by Crippen LogP contribution is -1.93. The number of aldehydes is 1. The molecule has 2 nitrogen and oxygen atoms in total. The summed E-state index contributed by atoms with van der Waals surface area (Å²) in [6.45, 7) is 6.43. The minimum atomic E-state index is 0.653. The minimum absolute atomic E-state index is 0.653. The van der Waals surface area contributed by atoms with E-state index in [1.54, 1.807) is 18.0 Å². The fourth-order valence-electron chi connectivity index (χ4n) is 1.19. The van der Waals surface area contributed by atoms with E-state index in [0.29, 0.717) is 5.56 Å². The maximum Gasteiger partial charge on any atom is 0.151 e. The molecule has 0 aromatic carbocycles. The number of pyridine rings is 1. The summed E-state index contributed by atoms with van der Waals surface area (Å²) in [7, 11) is 0. The van der Waals surface area contributed by atoms with E-state index in [0.717, 1.165) is 28.5 Å². The second kappa shape index (κ2) is 5.91. The highest BCUT2D eigenvalue weighted by Gasteiger charge is 2.03. The zero-order valence-electron chi connectivity index (χ0n) is 9.49. The average Bonchev–Trinajstić information content (AvgIpc) is 2.20. The molecule has 0 amide bonds. The predicted octanol–water partition coefficient (Wildman–Crippen LogP) is 3.34. The van der Waals surface area contributed by atoms with Crippen LogP contribution in [0.1, 0.15) is 36.2 Å². The molecule has 3 heteroatoms. The smallest absolute Gasteiger partial charge is 0.151 e. The molecule has 0 radical (unpaired) electrons. The van der Waals surface area contributed by atoms with Gasteiger partial charge >= 0.3 is 0 Å². The first-order valence-electron chi connectivity index (χ1n) is 5.18. The lowest BCUT2D eigenvalue weighted by atomic mass is 10.2. The summed E-state index contributed by atoms with van der Waals surface area (Å²) in [6, 6.07) is 1.89. The zero-order valence-corrected chi connectivity index (χ0v) is 10.3. The summed E-state index contributed by atoms with van der Waals surface area (Å²) in [5.41, 5.74) is 1.74. The van der Waals surface area contributed by atoms with Gasteiger partial charge < -0.3 is 0 Å². The maximum absolute atomic E-state index is 10.5. The van der Waals surface area contributed by atoms with Crippen molar-refractivity contribution in [2.24, 2.45) is 5.92 Å². The topological polar surface area (TPSA) is 30.0 Å². The first-order valence-corrected chi connectivity index (χ1v) is 6.16. The van der Waals surface area contributed by atoms with Gasteiger partial charge in [-0.1, -0.05) is 13.8 Å². The molecular formula is C12H17NOS. The van der Waals surface area contributed by atoms with Gasteiger partial charge in [0.05, 0.1) is 5.03 Å². The van der Waals surface area contributed by atoms with Crippen molar-refractivity contribution in [1.29, 1.82) is 0 Å². The van der Waals surface area contributed by atoms with Crippen LogP contribution in [0.5, 0.6) is 0 Å². The first kappa shape index (κ1) is 12.2. The number of carbonyl (C=O) groups is 1. The Kier molecular flexibility index (Phi) is 4.82. The van der Waals surface area contributed by atoms with E-state index in [1.165, 1.54) is 6.42 Å². The van der Waals surface area contributed by atoms with Crippen molar-refractivity contribution < 1.29 is 4.79 Å². The van der Waals surface area contributed by atoms with Gasteiger partial charge in [0.2, 0.25) is 0 Å². The molecule has 0 bridgehead atoms. The second-order valence-electron chi connectivity index (χ2n) is 4.04. The summed E-state index contributed by atoms with van der Waals surface area (Å²) < 4.78 is 0. The summed E-state index contributed by atoms with van der Waals surface area (Å²) >= 11 is 1.77. The highest BCUT2D eigenvalue weighted by atomic mass is 32.2. The Bertz CT molecular complexity index is 336. The van der Waals surface area contributed by atoms with E-state index in [-0.39, 0.29) is 0 Å². The van der Waals surface area contributed by atoms with E-state index < -0.39 is 0 Å². The van der Waals surface area contributed by atoms with E-state index in [2.05, 4.69) is 18.8 Å². The number of aryl methyl sites for hydroxylation is 1. The predicted molar refractivity (Wildman–Crippen MR) is 64.5 cm³/mol. The van der Waals surface area contributed by atoms with Gasteiger partial charge in [-0.2, -0.15) is 0 Å². The Morgan fingerprint density at radius 3 is 2.80 bits per heavy atom. The van der Waals surface area contributed by atoms with Crippen LogP contribution in [0, 0.1) is 12.8 Å². The highest BCUT2D eigenvalue weighted by molar-refractivity contribution is 7.99. The Morgan fingerprint density at radius 2 is 2.27 bits per heavy atom. The van der Waals surface area contributed by atoms with Gasteiger partial charge in [0, 0.05) is 11.8 Å². The standard InChI is InChI=1S/C12H17NOS/c1-9(2)4-5-15-12-10(3)6-11(8-14)7-13-12/h6-9H,4-5H2,1-3H3. The largest absolute Gasteiger partial charge is 0.298 e. The van der Waals surface area contributed by atoms with Crippen molar-refractivity contribution >= 4 is 18.0 Å². The van der Waals surface area contributed by atoms with E-state index >= 15 is 0 Å². The molecule has 0 aliphatic rings. The van der Waals surface area contributed by atoms with Gasteiger partial charge in [0.1, 0.15) is 0 Å². The number of hydrogen-bond acceptors (Lipinski definition) is 3. The molecule has 0 aliphatic heterocycles. The molecule has 0 spiro atoms. The van der Waals surface area contributed by atoms with E-state index in [4.69, 9.17) is 0 Å². The minimum Gasteiger partial charge on any atom is -0.298 e. The molecule has 0 saturated heterocycles. The third kappa shape index (κ3) is 4.04. The van der Waals surface area contributed by atoms with Gasteiger partial charge in [0.25, 0.3) is 0 Å². The SMILES string of the molecule is Cc1cc(C=O)cnc1SCCC(C)C. The van der Waals surface area contributed by atoms with Crippen molar-refractivity contribution in [1.82, 2.24) is 4.98 Å². The third-order valence-electron chi connectivity index (χ3n) is 2.12. The molecule has 0 aliphatic carbocycles. The molecule has 0 unspecified atom stereocenters. The van der Waals surface area contributed by atoms with Gasteiger partial charge in [-0.3, -0.25) is 4.79 Å². The fraction of sp³-hybridized carbons (Fsp3) is 0.500. The molecule has 0 saturated carbocycles. The Hall–Kier alpha value is -0.830. The number of thioether (sulfide) groups is 1. The van der Waals surface area contributed by atoms with Gasteiger partial charge in [0.15, 0.2) is 6.29 Å². The zero-order chi connectivity index (χ0) is 11.3. The molecular weight excluding hydrogens is 206 g/mol. The number of carbonyl (C=O) groups excluding carboxylic acids is 1. The molecule has 1 aromatic heterocycles. The van der Waals surface area contributed by atoms with Crippen molar-refractivity contribution in [2.75, 3.05) is 5.75 Å². The lowest BCUT2D eigenvalue weighted by Gasteiger charge is -2.06. The first-order chi connectivity index (χ1) is 7.13. The van der Waals surface area contributed by atoms with Crippen LogP contribution in [0.4, 0.5) is 0 Å². The summed E-state index contributed by atoms with van der Waals surface area (Å²) in [5, 5.41) is 1.04. The van der Waals surface area contributed by atoms with E-state index in [9.17, 15) is 4.79 Å². The van der Waals surface area contributed by atoms with Gasteiger partial charge in [-0.15, -0.1) is 11.8 Å². The second-order valence-corrected chi connectivity index (χ2v) is 5.12. The monoisotopic (exact) mass is 223 g/mol. The summed E-state index contributed by atoms with van der Waals surface area (Å²) in [4.78, 5) is 14.8. The van der Waals surface area contributed by atoms with Crippen LogP contribution < -0.4 is 0 Å². The Labute approximate surface area is 95.5 Å². The van der Waals surface area contributed by atoms with Crippen LogP contribution in [-0.4, -0.2) is 17.0 Å². The fourth-order valence-corrected chi connectivity index (χ4v) is 2.39. The van der Waals surface area contributed by atoms with E-state index in [1.807, 2.05) is 13.0 Å². The summed E-state index contributed by atoms with van der Waals surface area (Å²) in [5.74, 6) is 1.82. The van der Waals surface area contributed by atoms with Crippen LogP contribution in [0.2, 0.25) is 0 Å². The van der Waals surface area contributed by atoms with Crippen LogP contribution in [0.3, 0.4) is 0 Å². The van der Waals surface area contributed by atoms with Gasteiger partial charge in [-0.25, -0.2) is 4.98 Å². The molecule has 0 atom stereocenters.